The lowest BCUT2D eigenvalue weighted by Crippen LogP contribution is -2.59. The highest BCUT2D eigenvalue weighted by molar-refractivity contribution is 6.38. The molecule has 1 unspecified atom stereocenters. The summed E-state index contributed by atoms with van der Waals surface area (Å²) in [5.74, 6) is -0.784. The average Bonchev–Trinajstić information content (AvgIpc) is 3.06. The fourth-order valence-electron chi connectivity index (χ4n) is 3.30. The average molecular weight is 335 g/mol. The van der Waals surface area contributed by atoms with E-state index in [0.29, 0.717) is 25.1 Å². The van der Waals surface area contributed by atoms with Gasteiger partial charge in [0.1, 0.15) is 11.4 Å². The van der Waals surface area contributed by atoms with Crippen LogP contribution >= 0.6 is 0 Å². The van der Waals surface area contributed by atoms with E-state index in [-0.39, 0.29) is 13.1 Å². The van der Waals surface area contributed by atoms with Crippen LogP contribution in [0.3, 0.4) is 0 Å². The predicted octanol–water partition coefficient (Wildman–Crippen LogP) is 0.204. The van der Waals surface area contributed by atoms with Crippen molar-refractivity contribution in [2.75, 3.05) is 26.2 Å². The van der Waals surface area contributed by atoms with Crippen molar-refractivity contribution in [1.29, 1.82) is 0 Å². The Morgan fingerprint density at radius 2 is 2.17 bits per heavy atom. The number of aryl methyl sites for hydroxylation is 1. The minimum absolute atomic E-state index is 0.0339. The van der Waals surface area contributed by atoms with Crippen molar-refractivity contribution in [2.24, 2.45) is 0 Å². The zero-order chi connectivity index (χ0) is 17.3. The third kappa shape index (κ3) is 2.77. The second-order valence-corrected chi connectivity index (χ2v) is 6.14. The number of carbonyl (C=O) groups excluding carboxylic acids is 3. The molecular formula is C16H21N3O5. The van der Waals surface area contributed by atoms with Crippen LogP contribution < -0.4 is 5.32 Å². The number of urea groups is 1. The quantitative estimate of drug-likeness (QED) is 0.768. The molecule has 2 aliphatic rings. The molecule has 1 aliphatic carbocycles. The first kappa shape index (κ1) is 16.5. The van der Waals surface area contributed by atoms with E-state index in [1.807, 2.05) is 0 Å². The van der Waals surface area contributed by atoms with Crippen molar-refractivity contribution in [3.8, 4) is 0 Å². The Balaban J connectivity index is 1.65. The number of likely N-dealkylation sites (N-methyl/N-ethyl adjacent to an activating group) is 1. The smallest absolute Gasteiger partial charge is 0.324 e. The number of furan rings is 1. The van der Waals surface area contributed by atoms with Crippen LogP contribution in [0.1, 0.15) is 31.1 Å². The molecule has 3 rings (SSSR count). The van der Waals surface area contributed by atoms with E-state index in [9.17, 15) is 19.5 Å². The molecule has 8 nitrogen and oxygen atoms in total. The molecule has 4 amide bonds. The minimum Gasteiger partial charge on any atom is -0.469 e. The van der Waals surface area contributed by atoms with Crippen LogP contribution in [-0.4, -0.2) is 58.9 Å². The standard InChI is InChI=1S/C16H21N3O5/c1-2-18-7-8-19(14(21)13(18)20)15(22)17-10-16(23)6-3-4-12-11(16)5-9-24-12/h5,9,23H,2-4,6-8,10H2,1H3,(H,17,22). The first-order valence-corrected chi connectivity index (χ1v) is 8.14. The summed E-state index contributed by atoms with van der Waals surface area (Å²) in [6.45, 7) is 2.66. The molecule has 24 heavy (non-hydrogen) atoms. The number of amides is 4. The summed E-state index contributed by atoms with van der Waals surface area (Å²) in [5.41, 5.74) is -0.540. The van der Waals surface area contributed by atoms with Crippen molar-refractivity contribution in [3.63, 3.8) is 0 Å². The Morgan fingerprint density at radius 3 is 2.92 bits per heavy atom. The number of nitrogens with zero attached hydrogens (tertiary/aromatic N) is 2. The molecule has 0 saturated carbocycles. The van der Waals surface area contributed by atoms with E-state index in [1.165, 1.54) is 11.2 Å². The normalized spacial score (nSPS) is 24.1. The highest BCUT2D eigenvalue weighted by atomic mass is 16.3. The molecule has 0 radical (unpaired) electrons. The van der Waals surface area contributed by atoms with Gasteiger partial charge in [0.2, 0.25) is 0 Å². The summed E-state index contributed by atoms with van der Waals surface area (Å²) in [7, 11) is 0. The molecule has 1 atom stereocenters. The summed E-state index contributed by atoms with van der Waals surface area (Å²) < 4.78 is 5.34. The lowest BCUT2D eigenvalue weighted by atomic mass is 9.83. The van der Waals surface area contributed by atoms with Gasteiger partial charge in [-0.25, -0.2) is 4.79 Å². The lowest BCUT2D eigenvalue weighted by Gasteiger charge is -2.34. The molecule has 130 valence electrons. The molecule has 2 N–H and O–H groups in total. The van der Waals surface area contributed by atoms with Gasteiger partial charge in [0, 0.05) is 31.6 Å². The Hall–Kier alpha value is -2.35. The number of carbonyl (C=O) groups is 3. The fourth-order valence-corrected chi connectivity index (χ4v) is 3.30. The molecule has 0 bridgehead atoms. The zero-order valence-electron chi connectivity index (χ0n) is 13.6. The van der Waals surface area contributed by atoms with Gasteiger partial charge in [0.25, 0.3) is 0 Å². The van der Waals surface area contributed by atoms with E-state index < -0.39 is 23.4 Å². The highest BCUT2D eigenvalue weighted by Gasteiger charge is 2.39. The Bertz CT molecular complexity index is 670. The maximum absolute atomic E-state index is 12.3. The SMILES string of the molecule is CCN1CCN(C(=O)NCC2(O)CCCc3occc32)C(=O)C1=O. The summed E-state index contributed by atoms with van der Waals surface area (Å²) >= 11 is 0. The highest BCUT2D eigenvalue weighted by Crippen LogP contribution is 2.35. The second-order valence-electron chi connectivity index (χ2n) is 6.14. The van der Waals surface area contributed by atoms with Crippen molar-refractivity contribution in [3.05, 3.63) is 23.7 Å². The van der Waals surface area contributed by atoms with Crippen LogP contribution in [-0.2, 0) is 21.6 Å². The summed E-state index contributed by atoms with van der Waals surface area (Å²) in [6.07, 6.45) is 3.52. The van der Waals surface area contributed by atoms with Crippen LogP contribution in [0, 0.1) is 0 Å². The van der Waals surface area contributed by atoms with E-state index in [2.05, 4.69) is 5.32 Å². The maximum atomic E-state index is 12.3. The van der Waals surface area contributed by atoms with E-state index in [4.69, 9.17) is 4.42 Å². The molecule has 1 saturated heterocycles. The van der Waals surface area contributed by atoms with Gasteiger partial charge in [0.05, 0.1) is 12.8 Å². The molecule has 1 fully saturated rings. The summed E-state index contributed by atoms with van der Waals surface area (Å²) in [4.78, 5) is 38.5. The zero-order valence-corrected chi connectivity index (χ0v) is 13.6. The van der Waals surface area contributed by atoms with E-state index in [0.717, 1.165) is 23.5 Å². The molecule has 8 heteroatoms. The topological polar surface area (TPSA) is 103 Å². The van der Waals surface area contributed by atoms with Crippen molar-refractivity contribution >= 4 is 17.8 Å². The van der Waals surface area contributed by atoms with Gasteiger partial charge in [-0.3, -0.25) is 14.5 Å². The fraction of sp³-hybridized carbons (Fsp3) is 0.562. The van der Waals surface area contributed by atoms with Crippen LogP contribution in [0.5, 0.6) is 0 Å². The first-order chi connectivity index (χ1) is 11.5. The third-order valence-corrected chi connectivity index (χ3v) is 4.71. The lowest BCUT2D eigenvalue weighted by molar-refractivity contribution is -0.153. The van der Waals surface area contributed by atoms with Gasteiger partial charge in [-0.1, -0.05) is 0 Å². The van der Waals surface area contributed by atoms with Crippen molar-refractivity contribution in [1.82, 2.24) is 15.1 Å². The molecule has 2 heterocycles. The number of imide groups is 1. The minimum atomic E-state index is -1.21. The molecule has 1 aliphatic heterocycles. The van der Waals surface area contributed by atoms with Crippen molar-refractivity contribution < 1.29 is 23.9 Å². The Morgan fingerprint density at radius 1 is 1.38 bits per heavy atom. The molecule has 0 spiro atoms. The number of fused-ring (bicyclic) bond motifs is 1. The van der Waals surface area contributed by atoms with Gasteiger partial charge >= 0.3 is 17.8 Å². The van der Waals surface area contributed by atoms with Crippen LogP contribution in [0.4, 0.5) is 4.79 Å². The number of aliphatic hydroxyl groups is 1. The molecular weight excluding hydrogens is 314 g/mol. The summed E-state index contributed by atoms with van der Waals surface area (Å²) in [5, 5.41) is 13.4. The van der Waals surface area contributed by atoms with Crippen LogP contribution in [0.25, 0.3) is 0 Å². The third-order valence-electron chi connectivity index (χ3n) is 4.71. The van der Waals surface area contributed by atoms with Crippen molar-refractivity contribution in [2.45, 2.75) is 31.8 Å². The number of nitrogens with one attached hydrogen (secondary N) is 1. The number of hydrogen-bond acceptors (Lipinski definition) is 5. The van der Waals surface area contributed by atoms with Gasteiger partial charge in [0.15, 0.2) is 0 Å². The van der Waals surface area contributed by atoms with Gasteiger partial charge in [-0.2, -0.15) is 0 Å². The van der Waals surface area contributed by atoms with Gasteiger partial charge in [-0.15, -0.1) is 0 Å². The van der Waals surface area contributed by atoms with Gasteiger partial charge in [-0.05, 0) is 25.8 Å². The predicted molar refractivity (Wildman–Crippen MR) is 82.9 cm³/mol. The Kier molecular flexibility index (Phi) is 4.31. The Labute approximate surface area is 139 Å². The monoisotopic (exact) mass is 335 g/mol. The van der Waals surface area contributed by atoms with Gasteiger partial charge < -0.3 is 19.7 Å². The largest absolute Gasteiger partial charge is 0.469 e. The first-order valence-electron chi connectivity index (χ1n) is 8.14. The van der Waals surface area contributed by atoms with E-state index >= 15 is 0 Å². The second kappa shape index (κ2) is 6.27. The number of rotatable bonds is 3. The van der Waals surface area contributed by atoms with E-state index in [1.54, 1.807) is 13.0 Å². The van der Waals surface area contributed by atoms with Crippen LogP contribution in [0.2, 0.25) is 0 Å². The van der Waals surface area contributed by atoms with Crippen LogP contribution in [0.15, 0.2) is 16.7 Å². The summed E-state index contributed by atoms with van der Waals surface area (Å²) in [6, 6.07) is 1.04. The molecule has 1 aromatic rings. The number of piperazine rings is 1. The molecule has 0 aromatic carbocycles. The number of hydrogen-bond donors (Lipinski definition) is 2. The maximum Gasteiger partial charge on any atom is 0.324 e. The molecule has 1 aromatic heterocycles.